The molecule has 1 aliphatic heterocycles. The van der Waals surface area contributed by atoms with Crippen LogP contribution in [0.4, 0.5) is 0 Å². The lowest BCUT2D eigenvalue weighted by Gasteiger charge is -2.51. The van der Waals surface area contributed by atoms with Crippen molar-refractivity contribution in [3.63, 3.8) is 0 Å². The Morgan fingerprint density at radius 1 is 1.19 bits per heavy atom. The zero-order chi connectivity index (χ0) is 11.8. The van der Waals surface area contributed by atoms with E-state index in [4.69, 9.17) is 0 Å². The van der Waals surface area contributed by atoms with Gasteiger partial charge in [-0.3, -0.25) is 0 Å². The van der Waals surface area contributed by atoms with Crippen molar-refractivity contribution in [2.75, 3.05) is 13.1 Å². The lowest BCUT2D eigenvalue weighted by Crippen LogP contribution is -2.50. The van der Waals surface area contributed by atoms with Crippen LogP contribution in [-0.2, 0) is 0 Å². The second-order valence-corrected chi connectivity index (χ2v) is 7.17. The molecule has 1 nitrogen and oxygen atoms in total. The summed E-state index contributed by atoms with van der Waals surface area (Å²) in [5.41, 5.74) is 1.23. The normalized spacial score (nSPS) is 38.4. The molecular weight excluding hydrogens is 194 g/mol. The molecule has 2 unspecified atom stereocenters. The number of rotatable bonds is 2. The second kappa shape index (κ2) is 4.33. The Kier molecular flexibility index (Phi) is 3.36. The minimum atomic E-state index is 0.578. The highest BCUT2D eigenvalue weighted by molar-refractivity contribution is 5.04. The van der Waals surface area contributed by atoms with Gasteiger partial charge in [0, 0.05) is 0 Å². The molecule has 0 aromatic rings. The fourth-order valence-corrected chi connectivity index (χ4v) is 4.52. The van der Waals surface area contributed by atoms with Crippen LogP contribution in [0.1, 0.15) is 59.8 Å². The molecule has 2 aliphatic rings. The Bertz CT molecular complexity index is 244. The zero-order valence-corrected chi connectivity index (χ0v) is 11.6. The Morgan fingerprint density at radius 3 is 2.50 bits per heavy atom. The van der Waals surface area contributed by atoms with Gasteiger partial charge < -0.3 is 5.32 Å². The first-order valence-corrected chi connectivity index (χ1v) is 7.19. The van der Waals surface area contributed by atoms with Crippen LogP contribution < -0.4 is 5.32 Å². The topological polar surface area (TPSA) is 12.0 Å². The van der Waals surface area contributed by atoms with Crippen LogP contribution in [0.15, 0.2) is 0 Å². The van der Waals surface area contributed by atoms with Crippen molar-refractivity contribution >= 4 is 0 Å². The van der Waals surface area contributed by atoms with Crippen LogP contribution in [-0.4, -0.2) is 13.1 Å². The quantitative estimate of drug-likeness (QED) is 0.750. The van der Waals surface area contributed by atoms with Gasteiger partial charge in [-0.25, -0.2) is 0 Å². The molecule has 0 aromatic heterocycles. The summed E-state index contributed by atoms with van der Waals surface area (Å²) in [6.07, 6.45) is 7.22. The molecule has 94 valence electrons. The predicted molar refractivity (Wildman–Crippen MR) is 70.5 cm³/mol. The van der Waals surface area contributed by atoms with E-state index < -0.39 is 0 Å². The van der Waals surface area contributed by atoms with Gasteiger partial charge in [-0.15, -0.1) is 0 Å². The number of hydrogen-bond acceptors (Lipinski definition) is 1. The Hall–Kier alpha value is -0.0400. The van der Waals surface area contributed by atoms with Crippen LogP contribution >= 0.6 is 0 Å². The van der Waals surface area contributed by atoms with Crippen LogP contribution in [0.5, 0.6) is 0 Å². The van der Waals surface area contributed by atoms with Crippen LogP contribution in [0.25, 0.3) is 0 Å². The summed E-state index contributed by atoms with van der Waals surface area (Å²) in [6, 6.07) is 0. The van der Waals surface area contributed by atoms with Gasteiger partial charge in [-0.2, -0.15) is 0 Å². The van der Waals surface area contributed by atoms with E-state index in [1.807, 2.05) is 0 Å². The van der Waals surface area contributed by atoms with Crippen molar-refractivity contribution in [1.82, 2.24) is 5.32 Å². The van der Waals surface area contributed by atoms with E-state index in [1.165, 1.54) is 45.2 Å². The third-order valence-corrected chi connectivity index (χ3v) is 5.45. The molecule has 0 radical (unpaired) electrons. The third-order valence-electron chi connectivity index (χ3n) is 5.45. The molecule has 1 heterocycles. The fraction of sp³-hybridized carbons (Fsp3) is 1.00. The van der Waals surface area contributed by atoms with Crippen molar-refractivity contribution in [1.29, 1.82) is 0 Å². The predicted octanol–water partition coefficient (Wildman–Crippen LogP) is 3.84. The molecule has 1 heteroatoms. The molecule has 1 aliphatic carbocycles. The van der Waals surface area contributed by atoms with E-state index in [0.29, 0.717) is 10.8 Å². The Labute approximate surface area is 101 Å². The molecule has 2 rings (SSSR count). The minimum absolute atomic E-state index is 0.578. The maximum absolute atomic E-state index is 3.63. The number of piperidine rings is 1. The van der Waals surface area contributed by atoms with E-state index in [0.717, 1.165) is 11.8 Å². The summed E-state index contributed by atoms with van der Waals surface area (Å²) >= 11 is 0. The summed E-state index contributed by atoms with van der Waals surface area (Å²) in [5.74, 6) is 1.76. The minimum Gasteiger partial charge on any atom is -0.316 e. The van der Waals surface area contributed by atoms with Crippen molar-refractivity contribution in [3.8, 4) is 0 Å². The zero-order valence-electron chi connectivity index (χ0n) is 11.6. The number of nitrogens with one attached hydrogen (secondary N) is 1. The highest BCUT2D eigenvalue weighted by atomic mass is 14.9. The summed E-state index contributed by atoms with van der Waals surface area (Å²) < 4.78 is 0. The highest BCUT2D eigenvalue weighted by Gasteiger charge is 2.53. The van der Waals surface area contributed by atoms with Gasteiger partial charge in [-0.05, 0) is 61.4 Å². The largest absolute Gasteiger partial charge is 0.316 e. The SMILES string of the molecule is CC(C)CC1CNCCC12CCCC2(C)C. The lowest BCUT2D eigenvalue weighted by atomic mass is 9.56. The Balaban J connectivity index is 2.20. The molecule has 1 saturated carbocycles. The lowest BCUT2D eigenvalue weighted by molar-refractivity contribution is -0.00528. The van der Waals surface area contributed by atoms with Gasteiger partial charge in [0.05, 0.1) is 0 Å². The maximum Gasteiger partial charge on any atom is -0.00149 e. The van der Waals surface area contributed by atoms with E-state index in [9.17, 15) is 0 Å². The molecule has 1 saturated heterocycles. The summed E-state index contributed by atoms with van der Waals surface area (Å²) in [7, 11) is 0. The standard InChI is InChI=1S/C15H29N/c1-12(2)10-13-11-16-9-8-15(13)7-5-6-14(15,3)4/h12-13,16H,5-11H2,1-4H3. The molecule has 2 fully saturated rings. The van der Waals surface area contributed by atoms with Gasteiger partial charge in [0.25, 0.3) is 0 Å². The van der Waals surface area contributed by atoms with Gasteiger partial charge >= 0.3 is 0 Å². The summed E-state index contributed by atoms with van der Waals surface area (Å²) in [6.45, 7) is 12.3. The van der Waals surface area contributed by atoms with Crippen LogP contribution in [0.2, 0.25) is 0 Å². The molecule has 1 spiro atoms. The molecular formula is C15H29N. The number of hydrogen-bond donors (Lipinski definition) is 1. The van der Waals surface area contributed by atoms with Gasteiger partial charge in [0.15, 0.2) is 0 Å². The van der Waals surface area contributed by atoms with Crippen molar-refractivity contribution in [3.05, 3.63) is 0 Å². The average Bonchev–Trinajstić information content (AvgIpc) is 2.46. The van der Waals surface area contributed by atoms with E-state index >= 15 is 0 Å². The van der Waals surface area contributed by atoms with Crippen LogP contribution in [0, 0.1) is 22.7 Å². The Morgan fingerprint density at radius 2 is 1.94 bits per heavy atom. The second-order valence-electron chi connectivity index (χ2n) is 7.17. The molecule has 0 amide bonds. The van der Waals surface area contributed by atoms with Crippen LogP contribution in [0.3, 0.4) is 0 Å². The highest BCUT2D eigenvalue weighted by Crippen LogP contribution is 2.60. The summed E-state index contributed by atoms with van der Waals surface area (Å²) in [4.78, 5) is 0. The van der Waals surface area contributed by atoms with E-state index in [-0.39, 0.29) is 0 Å². The maximum atomic E-state index is 3.63. The van der Waals surface area contributed by atoms with Gasteiger partial charge in [0.1, 0.15) is 0 Å². The molecule has 16 heavy (non-hydrogen) atoms. The van der Waals surface area contributed by atoms with Gasteiger partial charge in [0.2, 0.25) is 0 Å². The first kappa shape index (κ1) is 12.4. The first-order chi connectivity index (χ1) is 7.48. The van der Waals surface area contributed by atoms with E-state index in [1.54, 1.807) is 0 Å². The fourth-order valence-electron chi connectivity index (χ4n) is 4.52. The monoisotopic (exact) mass is 223 g/mol. The first-order valence-electron chi connectivity index (χ1n) is 7.19. The average molecular weight is 223 g/mol. The van der Waals surface area contributed by atoms with Gasteiger partial charge in [-0.1, -0.05) is 34.1 Å². The molecule has 2 atom stereocenters. The smallest absolute Gasteiger partial charge is 0.00149 e. The molecule has 1 N–H and O–H groups in total. The van der Waals surface area contributed by atoms with Crippen molar-refractivity contribution in [2.24, 2.45) is 22.7 Å². The van der Waals surface area contributed by atoms with Crippen molar-refractivity contribution in [2.45, 2.75) is 59.8 Å². The molecule has 0 bridgehead atoms. The third kappa shape index (κ3) is 1.92. The summed E-state index contributed by atoms with van der Waals surface area (Å²) in [5, 5.41) is 3.63. The van der Waals surface area contributed by atoms with E-state index in [2.05, 4.69) is 33.0 Å². The van der Waals surface area contributed by atoms with Crippen molar-refractivity contribution < 1.29 is 0 Å². The molecule has 0 aromatic carbocycles.